The SMILES string of the molecule is COCC(C)Oc1ccc(Cl)cc1NC(=O)NCC(C)(O)C(=O)O. The predicted octanol–water partition coefficient (Wildman–Crippen LogP) is 1.71. The van der Waals surface area contributed by atoms with Crippen LogP contribution >= 0.6 is 11.6 Å². The Kier molecular flexibility index (Phi) is 7.27. The Hall–Kier alpha value is -2.03. The van der Waals surface area contributed by atoms with Crippen molar-refractivity contribution in [3.63, 3.8) is 0 Å². The van der Waals surface area contributed by atoms with Crippen molar-refractivity contribution in [2.45, 2.75) is 25.6 Å². The van der Waals surface area contributed by atoms with E-state index >= 15 is 0 Å². The Morgan fingerprint density at radius 3 is 2.67 bits per heavy atom. The minimum Gasteiger partial charge on any atom is -0.486 e. The zero-order valence-electron chi connectivity index (χ0n) is 13.6. The van der Waals surface area contributed by atoms with Gasteiger partial charge in [-0.05, 0) is 32.0 Å². The van der Waals surface area contributed by atoms with Gasteiger partial charge >= 0.3 is 12.0 Å². The molecule has 0 aliphatic rings. The summed E-state index contributed by atoms with van der Waals surface area (Å²) in [6.07, 6.45) is -0.257. The highest BCUT2D eigenvalue weighted by molar-refractivity contribution is 6.31. The van der Waals surface area contributed by atoms with Crippen LogP contribution in [-0.4, -0.2) is 54.2 Å². The number of carbonyl (C=O) groups excluding carboxylic acids is 1. The number of aliphatic hydroxyl groups is 1. The molecule has 0 aromatic heterocycles. The van der Waals surface area contributed by atoms with Crippen molar-refractivity contribution in [2.24, 2.45) is 0 Å². The number of hydrogen-bond acceptors (Lipinski definition) is 5. The van der Waals surface area contributed by atoms with Crippen LogP contribution in [0.15, 0.2) is 18.2 Å². The lowest BCUT2D eigenvalue weighted by molar-refractivity contribution is -0.155. The summed E-state index contributed by atoms with van der Waals surface area (Å²) >= 11 is 5.92. The molecule has 1 aromatic carbocycles. The number of carbonyl (C=O) groups is 2. The summed E-state index contributed by atoms with van der Waals surface area (Å²) < 4.78 is 10.6. The molecule has 0 fully saturated rings. The number of benzene rings is 1. The number of halogens is 1. The van der Waals surface area contributed by atoms with Gasteiger partial charge in [-0.1, -0.05) is 11.6 Å². The van der Waals surface area contributed by atoms with Crippen molar-refractivity contribution in [1.82, 2.24) is 5.32 Å². The Labute approximate surface area is 144 Å². The number of methoxy groups -OCH3 is 1. The van der Waals surface area contributed by atoms with Crippen LogP contribution in [0.5, 0.6) is 5.75 Å². The summed E-state index contributed by atoms with van der Waals surface area (Å²) in [5.74, 6) is -1.06. The Morgan fingerprint density at radius 1 is 1.42 bits per heavy atom. The molecule has 4 N–H and O–H groups in total. The first-order valence-corrected chi connectivity index (χ1v) is 7.49. The zero-order chi connectivity index (χ0) is 18.3. The Balaban J connectivity index is 2.76. The van der Waals surface area contributed by atoms with Gasteiger partial charge in [-0.15, -0.1) is 0 Å². The number of ether oxygens (including phenoxy) is 2. The normalized spacial score (nSPS) is 14.4. The van der Waals surface area contributed by atoms with Gasteiger partial charge in [-0.2, -0.15) is 0 Å². The van der Waals surface area contributed by atoms with Crippen LogP contribution in [-0.2, 0) is 9.53 Å². The third-order valence-electron chi connectivity index (χ3n) is 2.97. The van der Waals surface area contributed by atoms with Crippen molar-refractivity contribution in [1.29, 1.82) is 0 Å². The molecule has 0 saturated heterocycles. The van der Waals surface area contributed by atoms with Crippen LogP contribution in [0.3, 0.4) is 0 Å². The van der Waals surface area contributed by atoms with Crippen molar-refractivity contribution in [3.8, 4) is 5.75 Å². The smallest absolute Gasteiger partial charge is 0.337 e. The van der Waals surface area contributed by atoms with E-state index in [9.17, 15) is 14.7 Å². The lowest BCUT2D eigenvalue weighted by Gasteiger charge is -2.20. The third-order valence-corrected chi connectivity index (χ3v) is 3.21. The lowest BCUT2D eigenvalue weighted by Crippen LogP contribution is -2.47. The first kappa shape index (κ1) is 20.0. The predicted molar refractivity (Wildman–Crippen MR) is 88.7 cm³/mol. The molecular weight excluding hydrogens is 340 g/mol. The number of rotatable bonds is 8. The number of carboxylic acids is 1. The number of hydrogen-bond donors (Lipinski definition) is 4. The van der Waals surface area contributed by atoms with E-state index < -0.39 is 24.1 Å². The number of carboxylic acid groups (broad SMARTS) is 1. The molecule has 0 spiro atoms. The molecule has 0 heterocycles. The zero-order valence-corrected chi connectivity index (χ0v) is 14.4. The molecule has 1 rings (SSSR count). The highest BCUT2D eigenvalue weighted by Crippen LogP contribution is 2.29. The number of aliphatic carboxylic acids is 1. The average molecular weight is 361 g/mol. The fraction of sp³-hybridized carbons (Fsp3) is 0.467. The third kappa shape index (κ3) is 6.23. The van der Waals surface area contributed by atoms with Crippen LogP contribution in [0.25, 0.3) is 0 Å². The molecule has 0 aliphatic heterocycles. The first-order valence-electron chi connectivity index (χ1n) is 7.11. The molecule has 0 aliphatic carbocycles. The monoisotopic (exact) mass is 360 g/mol. The first-order chi connectivity index (χ1) is 11.2. The lowest BCUT2D eigenvalue weighted by atomic mass is 10.1. The topological polar surface area (TPSA) is 117 Å². The molecule has 0 saturated carbocycles. The molecule has 24 heavy (non-hydrogen) atoms. The van der Waals surface area contributed by atoms with Crippen molar-refractivity contribution < 1.29 is 29.3 Å². The summed E-state index contributed by atoms with van der Waals surface area (Å²) in [6.45, 7) is 2.77. The van der Waals surface area contributed by atoms with Gasteiger partial charge in [0.1, 0.15) is 11.9 Å². The van der Waals surface area contributed by atoms with E-state index in [1.165, 1.54) is 6.07 Å². The molecule has 0 bridgehead atoms. The van der Waals surface area contributed by atoms with Crippen LogP contribution in [0.1, 0.15) is 13.8 Å². The molecule has 2 amide bonds. The van der Waals surface area contributed by atoms with Crippen LogP contribution < -0.4 is 15.4 Å². The van der Waals surface area contributed by atoms with E-state index in [2.05, 4.69) is 10.6 Å². The van der Waals surface area contributed by atoms with E-state index in [1.54, 1.807) is 26.2 Å². The van der Waals surface area contributed by atoms with Crippen LogP contribution in [0.2, 0.25) is 5.02 Å². The minimum atomic E-state index is -2.07. The van der Waals surface area contributed by atoms with Crippen molar-refractivity contribution in [2.75, 3.05) is 25.6 Å². The quantitative estimate of drug-likeness (QED) is 0.560. The average Bonchev–Trinajstić information content (AvgIpc) is 2.48. The van der Waals surface area contributed by atoms with Gasteiger partial charge < -0.3 is 30.3 Å². The van der Waals surface area contributed by atoms with Gasteiger partial charge in [0, 0.05) is 12.1 Å². The number of amides is 2. The largest absolute Gasteiger partial charge is 0.486 e. The Bertz CT molecular complexity index is 593. The van der Waals surface area contributed by atoms with E-state index in [-0.39, 0.29) is 6.10 Å². The van der Waals surface area contributed by atoms with Gasteiger partial charge in [0.15, 0.2) is 5.60 Å². The van der Waals surface area contributed by atoms with Crippen molar-refractivity contribution >= 4 is 29.3 Å². The second-order valence-electron chi connectivity index (χ2n) is 5.41. The number of urea groups is 1. The van der Waals surface area contributed by atoms with Gasteiger partial charge in [-0.25, -0.2) is 9.59 Å². The maximum absolute atomic E-state index is 11.9. The summed E-state index contributed by atoms with van der Waals surface area (Å²) in [4.78, 5) is 22.7. The highest BCUT2D eigenvalue weighted by atomic mass is 35.5. The van der Waals surface area contributed by atoms with Crippen LogP contribution in [0, 0.1) is 0 Å². The molecule has 1 aromatic rings. The molecular formula is C15H21ClN2O6. The number of anilines is 1. The molecule has 2 unspecified atom stereocenters. The Morgan fingerprint density at radius 2 is 2.08 bits per heavy atom. The van der Waals surface area contributed by atoms with Crippen molar-refractivity contribution in [3.05, 3.63) is 23.2 Å². The second kappa shape index (κ2) is 8.72. The van der Waals surface area contributed by atoms with Gasteiger partial charge in [0.25, 0.3) is 0 Å². The fourth-order valence-electron chi connectivity index (χ4n) is 1.68. The standard InChI is InChI=1S/C15H21ClN2O6/c1-9(7-23-3)24-12-5-4-10(16)6-11(12)18-14(21)17-8-15(2,22)13(19)20/h4-6,9,22H,7-8H2,1-3H3,(H,19,20)(H2,17,18,21). The molecule has 134 valence electrons. The minimum absolute atomic E-state index is 0.257. The van der Waals surface area contributed by atoms with Gasteiger partial charge in [-0.3, -0.25) is 0 Å². The van der Waals surface area contributed by atoms with Gasteiger partial charge in [0.05, 0.1) is 18.8 Å². The maximum atomic E-state index is 11.9. The molecule has 0 radical (unpaired) electrons. The highest BCUT2D eigenvalue weighted by Gasteiger charge is 2.30. The van der Waals surface area contributed by atoms with E-state index in [4.69, 9.17) is 26.2 Å². The summed E-state index contributed by atoms with van der Waals surface area (Å²) in [5, 5.41) is 23.5. The van der Waals surface area contributed by atoms with E-state index in [0.29, 0.717) is 23.1 Å². The summed E-state index contributed by atoms with van der Waals surface area (Å²) in [6, 6.07) is 3.99. The summed E-state index contributed by atoms with van der Waals surface area (Å²) in [5.41, 5.74) is -1.77. The van der Waals surface area contributed by atoms with Gasteiger partial charge in [0.2, 0.25) is 0 Å². The second-order valence-corrected chi connectivity index (χ2v) is 5.85. The van der Waals surface area contributed by atoms with E-state index in [0.717, 1.165) is 6.92 Å². The molecule has 2 atom stereocenters. The number of nitrogens with one attached hydrogen (secondary N) is 2. The van der Waals surface area contributed by atoms with E-state index in [1.807, 2.05) is 0 Å². The summed E-state index contributed by atoms with van der Waals surface area (Å²) in [7, 11) is 1.54. The molecule has 9 heteroatoms. The fourth-order valence-corrected chi connectivity index (χ4v) is 1.85. The molecule has 8 nitrogen and oxygen atoms in total. The van der Waals surface area contributed by atoms with Crippen LogP contribution in [0.4, 0.5) is 10.5 Å². The maximum Gasteiger partial charge on any atom is 0.337 e.